The summed E-state index contributed by atoms with van der Waals surface area (Å²) in [4.78, 5) is 27.0. The summed E-state index contributed by atoms with van der Waals surface area (Å²) >= 11 is 0. The largest absolute Gasteiger partial charge is 0.478 e. The molecule has 8 heteroatoms. The van der Waals surface area contributed by atoms with E-state index in [0.29, 0.717) is 12.0 Å². The molecule has 4 N–H and O–H groups in total. The van der Waals surface area contributed by atoms with Crippen molar-refractivity contribution in [2.75, 3.05) is 0 Å². The number of nitrogens with two attached hydrogens (primary N) is 1. The Bertz CT molecular complexity index is 895. The van der Waals surface area contributed by atoms with Gasteiger partial charge in [-0.25, -0.2) is 4.79 Å². The molecule has 0 atom stereocenters. The zero-order valence-electron chi connectivity index (χ0n) is 15.5. The van der Waals surface area contributed by atoms with Gasteiger partial charge in [0, 0.05) is 5.56 Å². The molecule has 0 aromatic heterocycles. The van der Waals surface area contributed by atoms with Crippen LogP contribution in [0.4, 0.5) is 0 Å². The molecule has 0 saturated carbocycles. The maximum Gasteiger partial charge on any atom is 0.373 e. The van der Waals surface area contributed by atoms with Gasteiger partial charge in [-0.2, -0.15) is 14.9 Å². The SMILES string of the molecule is CCc1cc(C(=O)O)cc(/C(N)=N/O)c1.CCc1cccc(C#N)c1.O=C=O. The van der Waals surface area contributed by atoms with Gasteiger partial charge in [0.25, 0.3) is 0 Å². The van der Waals surface area contributed by atoms with E-state index in [4.69, 9.17) is 30.9 Å². The fourth-order valence-electron chi connectivity index (χ4n) is 2.09. The molecule has 0 unspecified atom stereocenters. The number of carboxylic acid groups (broad SMARTS) is 1. The summed E-state index contributed by atoms with van der Waals surface area (Å²) in [5, 5.41) is 28.7. The van der Waals surface area contributed by atoms with Crippen LogP contribution in [-0.2, 0) is 22.4 Å². The Morgan fingerprint density at radius 2 is 1.64 bits per heavy atom. The Morgan fingerprint density at radius 3 is 2.11 bits per heavy atom. The molecule has 0 aliphatic rings. The highest BCUT2D eigenvalue weighted by molar-refractivity contribution is 5.99. The van der Waals surface area contributed by atoms with Crippen LogP contribution in [0.25, 0.3) is 0 Å². The van der Waals surface area contributed by atoms with Gasteiger partial charge in [-0.05, 0) is 54.3 Å². The molecule has 8 nitrogen and oxygen atoms in total. The fraction of sp³-hybridized carbons (Fsp3) is 0.200. The van der Waals surface area contributed by atoms with Crippen LogP contribution >= 0.6 is 0 Å². The molecule has 0 bridgehead atoms. The van der Waals surface area contributed by atoms with Gasteiger partial charge in [-0.15, -0.1) is 0 Å². The lowest BCUT2D eigenvalue weighted by Crippen LogP contribution is -2.14. The zero-order chi connectivity index (χ0) is 21.5. The molecule has 0 spiro atoms. The van der Waals surface area contributed by atoms with E-state index in [1.54, 1.807) is 12.1 Å². The summed E-state index contributed by atoms with van der Waals surface area (Å²) in [6.45, 7) is 3.98. The first kappa shape index (κ1) is 24.1. The third kappa shape index (κ3) is 8.43. The molecule has 146 valence electrons. The number of carbonyl (C=O) groups is 1. The summed E-state index contributed by atoms with van der Waals surface area (Å²) < 4.78 is 0. The number of rotatable bonds is 4. The van der Waals surface area contributed by atoms with E-state index in [1.165, 1.54) is 11.6 Å². The molecule has 0 aliphatic heterocycles. The van der Waals surface area contributed by atoms with Crippen LogP contribution in [-0.4, -0.2) is 28.3 Å². The fourth-order valence-corrected chi connectivity index (χ4v) is 2.09. The van der Waals surface area contributed by atoms with Gasteiger partial charge < -0.3 is 16.0 Å². The standard InChI is InChI=1S/C10H12N2O3.C9H9N.CO2/c1-2-6-3-7(9(11)12-15)5-8(4-6)10(13)14;1-2-8-4-3-5-9(6-8)7-10;2-1-3/h3-5,15H,2H2,1H3,(H2,11,12)(H,13,14);3-6H,2H2,1H3;. The van der Waals surface area contributed by atoms with Crippen molar-refractivity contribution in [2.45, 2.75) is 26.7 Å². The van der Waals surface area contributed by atoms with Gasteiger partial charge in [0.05, 0.1) is 17.2 Å². The van der Waals surface area contributed by atoms with Crippen LogP contribution in [0.5, 0.6) is 0 Å². The second-order valence-corrected chi connectivity index (χ2v) is 5.31. The van der Waals surface area contributed by atoms with E-state index >= 15 is 0 Å². The molecule has 2 aromatic rings. The van der Waals surface area contributed by atoms with Crippen molar-refractivity contribution in [1.82, 2.24) is 0 Å². The Balaban J connectivity index is 0.000000483. The molecular formula is C20H21N3O5. The van der Waals surface area contributed by atoms with Gasteiger partial charge in [-0.3, -0.25) is 0 Å². The molecule has 0 heterocycles. The quantitative estimate of drug-likeness (QED) is 0.317. The van der Waals surface area contributed by atoms with Crippen LogP contribution in [0.1, 0.15) is 46.5 Å². The van der Waals surface area contributed by atoms with Crippen molar-refractivity contribution in [2.24, 2.45) is 10.9 Å². The summed E-state index contributed by atoms with van der Waals surface area (Å²) in [5.74, 6) is -1.12. The molecule has 2 aromatic carbocycles. The minimum Gasteiger partial charge on any atom is -0.478 e. The monoisotopic (exact) mass is 383 g/mol. The second-order valence-electron chi connectivity index (χ2n) is 5.31. The average Bonchev–Trinajstić information content (AvgIpc) is 2.73. The molecule has 0 aliphatic carbocycles. The minimum atomic E-state index is -1.03. The topological polar surface area (TPSA) is 154 Å². The Hall–Kier alpha value is -3.95. The predicted molar refractivity (Wildman–Crippen MR) is 101 cm³/mol. The molecule has 0 saturated heterocycles. The molecule has 28 heavy (non-hydrogen) atoms. The number of hydrogen-bond donors (Lipinski definition) is 3. The van der Waals surface area contributed by atoms with E-state index in [-0.39, 0.29) is 17.6 Å². The van der Waals surface area contributed by atoms with Crippen molar-refractivity contribution in [3.63, 3.8) is 0 Å². The zero-order valence-corrected chi connectivity index (χ0v) is 15.5. The van der Waals surface area contributed by atoms with Crippen molar-refractivity contribution < 1.29 is 24.7 Å². The Labute approximate surface area is 162 Å². The first-order chi connectivity index (χ1) is 13.4. The smallest absolute Gasteiger partial charge is 0.373 e. The normalized spacial score (nSPS) is 9.54. The summed E-state index contributed by atoms with van der Waals surface area (Å²) in [5.41, 5.74) is 8.74. The number of oxime groups is 1. The maximum absolute atomic E-state index is 10.8. The average molecular weight is 383 g/mol. The van der Waals surface area contributed by atoms with Gasteiger partial charge in [0.15, 0.2) is 5.84 Å². The number of carbonyl (C=O) groups excluding carboxylic acids is 2. The third-order valence-corrected chi connectivity index (χ3v) is 3.52. The minimum absolute atomic E-state index is 0.0900. The summed E-state index contributed by atoms with van der Waals surface area (Å²) in [6, 6.07) is 14.4. The molecule has 0 radical (unpaired) electrons. The molecule has 0 fully saturated rings. The molecular weight excluding hydrogens is 362 g/mol. The Kier molecular flexibility index (Phi) is 11.4. The van der Waals surface area contributed by atoms with Crippen molar-refractivity contribution >= 4 is 18.0 Å². The maximum atomic E-state index is 10.8. The van der Waals surface area contributed by atoms with E-state index in [2.05, 4.69) is 18.1 Å². The van der Waals surface area contributed by atoms with E-state index in [0.717, 1.165) is 17.5 Å². The van der Waals surface area contributed by atoms with Crippen LogP contribution < -0.4 is 5.73 Å². The number of aryl methyl sites for hydroxylation is 2. The molecule has 0 amide bonds. The van der Waals surface area contributed by atoms with Crippen LogP contribution in [0.2, 0.25) is 0 Å². The summed E-state index contributed by atoms with van der Waals surface area (Å²) in [7, 11) is 0. The predicted octanol–water partition coefficient (Wildman–Crippen LogP) is 2.58. The van der Waals surface area contributed by atoms with Gasteiger partial charge >= 0.3 is 12.1 Å². The number of amidine groups is 1. The van der Waals surface area contributed by atoms with Crippen molar-refractivity contribution in [3.05, 3.63) is 70.3 Å². The number of hydrogen-bond acceptors (Lipinski definition) is 6. The lowest BCUT2D eigenvalue weighted by molar-refractivity contribution is -0.191. The van der Waals surface area contributed by atoms with Gasteiger partial charge in [-0.1, -0.05) is 31.1 Å². The highest BCUT2D eigenvalue weighted by atomic mass is 16.4. The van der Waals surface area contributed by atoms with Gasteiger partial charge in [0.2, 0.25) is 0 Å². The van der Waals surface area contributed by atoms with E-state index < -0.39 is 5.97 Å². The van der Waals surface area contributed by atoms with Gasteiger partial charge in [0.1, 0.15) is 0 Å². The number of nitriles is 1. The number of carboxylic acids is 1. The Morgan fingerprint density at radius 1 is 1.07 bits per heavy atom. The first-order valence-corrected chi connectivity index (χ1v) is 8.20. The van der Waals surface area contributed by atoms with Crippen LogP contribution in [0.15, 0.2) is 47.6 Å². The van der Waals surface area contributed by atoms with Crippen LogP contribution in [0.3, 0.4) is 0 Å². The third-order valence-electron chi connectivity index (χ3n) is 3.52. The number of aromatic carboxylic acids is 1. The first-order valence-electron chi connectivity index (χ1n) is 8.20. The van der Waals surface area contributed by atoms with Crippen LogP contribution in [0, 0.1) is 11.3 Å². The van der Waals surface area contributed by atoms with Crippen molar-refractivity contribution in [1.29, 1.82) is 5.26 Å². The molecule has 2 rings (SSSR count). The highest BCUT2D eigenvalue weighted by Crippen LogP contribution is 2.11. The lowest BCUT2D eigenvalue weighted by Gasteiger charge is -2.04. The van der Waals surface area contributed by atoms with E-state index in [1.807, 2.05) is 31.2 Å². The summed E-state index contributed by atoms with van der Waals surface area (Å²) in [6.07, 6.45) is 1.93. The highest BCUT2D eigenvalue weighted by Gasteiger charge is 2.08. The number of nitrogens with zero attached hydrogens (tertiary/aromatic N) is 2. The van der Waals surface area contributed by atoms with Crippen molar-refractivity contribution in [3.8, 4) is 6.07 Å². The number of benzene rings is 2. The second kappa shape index (κ2) is 13.3. The van der Waals surface area contributed by atoms with E-state index in [9.17, 15) is 4.79 Å². The lowest BCUT2D eigenvalue weighted by atomic mass is 10.0.